The Morgan fingerprint density at radius 1 is 1.58 bits per heavy atom. The van der Waals surface area contributed by atoms with Gasteiger partial charge in [-0.05, 0) is 55.5 Å². The van der Waals surface area contributed by atoms with Gasteiger partial charge in [0.2, 0.25) is 0 Å². The van der Waals surface area contributed by atoms with Crippen LogP contribution in [0.2, 0.25) is 0 Å². The minimum absolute atomic E-state index is 0.0165. The number of rotatable bonds is 5. The number of esters is 1. The first-order valence-electron chi connectivity index (χ1n) is 7.15. The number of hydrogen-bond acceptors (Lipinski definition) is 4. The molecule has 1 N–H and O–H groups in total. The van der Waals surface area contributed by atoms with Gasteiger partial charge in [-0.25, -0.2) is 0 Å². The van der Waals surface area contributed by atoms with Gasteiger partial charge in [0.15, 0.2) is 0 Å². The molecule has 0 aromatic carbocycles. The molecular formula is C15H23NO2S. The second-order valence-electron chi connectivity index (χ2n) is 5.26. The molecule has 2 rings (SSSR count). The first-order chi connectivity index (χ1) is 9.20. The second kappa shape index (κ2) is 7.06. The number of thiophene rings is 1. The number of ether oxygens (including phenoxy) is 1. The third-order valence-corrected chi connectivity index (χ3v) is 4.52. The van der Waals surface area contributed by atoms with Crippen molar-refractivity contribution in [3.63, 3.8) is 0 Å². The zero-order valence-electron chi connectivity index (χ0n) is 11.7. The molecule has 3 nitrogen and oxygen atoms in total. The molecule has 3 unspecified atom stereocenters. The zero-order chi connectivity index (χ0) is 13.7. The highest BCUT2D eigenvalue weighted by Gasteiger charge is 2.28. The van der Waals surface area contributed by atoms with Crippen molar-refractivity contribution < 1.29 is 9.53 Å². The summed E-state index contributed by atoms with van der Waals surface area (Å²) in [7, 11) is 0. The summed E-state index contributed by atoms with van der Waals surface area (Å²) in [5.41, 5.74) is 1.34. The van der Waals surface area contributed by atoms with E-state index in [1.165, 1.54) is 5.56 Å². The fraction of sp³-hybridized carbons (Fsp3) is 0.667. The Bertz CT molecular complexity index is 391. The normalized spacial score (nSPS) is 24.9. The molecule has 106 valence electrons. The molecule has 1 fully saturated rings. The van der Waals surface area contributed by atoms with Crippen LogP contribution >= 0.6 is 11.3 Å². The standard InChI is InChI=1S/C15H23NO2S/c1-3-18-15(17)12-5-4-6-14(9-12)16-11(2)13-7-8-19-10-13/h7-8,10-12,14,16H,3-6,9H2,1-2H3. The summed E-state index contributed by atoms with van der Waals surface area (Å²) in [6.07, 6.45) is 4.15. The van der Waals surface area contributed by atoms with Crippen LogP contribution in [0, 0.1) is 5.92 Å². The molecule has 0 saturated heterocycles. The highest BCUT2D eigenvalue weighted by Crippen LogP contribution is 2.27. The Hall–Kier alpha value is -0.870. The largest absolute Gasteiger partial charge is 0.466 e. The monoisotopic (exact) mass is 281 g/mol. The van der Waals surface area contributed by atoms with Crippen LogP contribution in [0.3, 0.4) is 0 Å². The summed E-state index contributed by atoms with van der Waals surface area (Å²) in [6.45, 7) is 4.55. The van der Waals surface area contributed by atoms with Gasteiger partial charge in [0.1, 0.15) is 0 Å². The van der Waals surface area contributed by atoms with E-state index in [4.69, 9.17) is 4.74 Å². The van der Waals surface area contributed by atoms with E-state index in [1.807, 2.05) is 6.92 Å². The van der Waals surface area contributed by atoms with Crippen molar-refractivity contribution in [1.29, 1.82) is 0 Å². The Morgan fingerprint density at radius 3 is 3.11 bits per heavy atom. The Labute approximate surface area is 119 Å². The first-order valence-corrected chi connectivity index (χ1v) is 8.09. The fourth-order valence-corrected chi connectivity index (χ4v) is 3.54. The molecule has 0 radical (unpaired) electrons. The number of carbonyl (C=O) groups excluding carboxylic acids is 1. The van der Waals surface area contributed by atoms with Crippen LogP contribution in [0.15, 0.2) is 16.8 Å². The lowest BCUT2D eigenvalue weighted by Gasteiger charge is -2.30. The van der Waals surface area contributed by atoms with Crippen molar-refractivity contribution in [3.8, 4) is 0 Å². The molecule has 3 atom stereocenters. The number of carbonyl (C=O) groups is 1. The van der Waals surface area contributed by atoms with Gasteiger partial charge in [-0.15, -0.1) is 0 Å². The van der Waals surface area contributed by atoms with Crippen LogP contribution in [-0.2, 0) is 9.53 Å². The molecule has 1 aliphatic rings. The second-order valence-corrected chi connectivity index (χ2v) is 6.04. The third kappa shape index (κ3) is 4.05. The maximum Gasteiger partial charge on any atom is 0.308 e. The molecule has 1 aliphatic carbocycles. The van der Waals surface area contributed by atoms with Crippen molar-refractivity contribution in [2.24, 2.45) is 5.92 Å². The van der Waals surface area contributed by atoms with Gasteiger partial charge in [-0.2, -0.15) is 11.3 Å². The lowest BCUT2D eigenvalue weighted by molar-refractivity contribution is -0.149. The van der Waals surface area contributed by atoms with Crippen molar-refractivity contribution >= 4 is 17.3 Å². The summed E-state index contributed by atoms with van der Waals surface area (Å²) in [4.78, 5) is 11.8. The Morgan fingerprint density at radius 2 is 2.42 bits per heavy atom. The van der Waals surface area contributed by atoms with Gasteiger partial charge in [-0.1, -0.05) is 6.42 Å². The summed E-state index contributed by atoms with van der Waals surface area (Å²) in [6, 6.07) is 2.95. The highest BCUT2D eigenvalue weighted by atomic mass is 32.1. The van der Waals surface area contributed by atoms with Gasteiger partial charge >= 0.3 is 5.97 Å². The van der Waals surface area contributed by atoms with Crippen LogP contribution < -0.4 is 5.32 Å². The van der Waals surface area contributed by atoms with E-state index in [2.05, 4.69) is 29.1 Å². The molecule has 1 aromatic heterocycles. The Balaban J connectivity index is 1.85. The molecule has 0 amide bonds. The van der Waals surface area contributed by atoms with Crippen LogP contribution in [0.25, 0.3) is 0 Å². The van der Waals surface area contributed by atoms with E-state index in [0.717, 1.165) is 25.7 Å². The summed E-state index contributed by atoms with van der Waals surface area (Å²) in [5.74, 6) is 0.0676. The van der Waals surface area contributed by atoms with Gasteiger partial charge in [0.05, 0.1) is 12.5 Å². The van der Waals surface area contributed by atoms with Gasteiger partial charge in [-0.3, -0.25) is 4.79 Å². The van der Waals surface area contributed by atoms with Crippen molar-refractivity contribution in [1.82, 2.24) is 5.32 Å². The van der Waals surface area contributed by atoms with Gasteiger partial charge < -0.3 is 10.1 Å². The lowest BCUT2D eigenvalue weighted by Crippen LogP contribution is -2.38. The summed E-state index contributed by atoms with van der Waals surface area (Å²) < 4.78 is 5.14. The van der Waals surface area contributed by atoms with Crippen LogP contribution in [0.4, 0.5) is 0 Å². The first kappa shape index (κ1) is 14.5. The van der Waals surface area contributed by atoms with E-state index >= 15 is 0 Å². The number of nitrogens with one attached hydrogen (secondary N) is 1. The molecule has 1 heterocycles. The van der Waals surface area contributed by atoms with Gasteiger partial charge in [0, 0.05) is 12.1 Å². The van der Waals surface area contributed by atoms with E-state index in [1.54, 1.807) is 11.3 Å². The van der Waals surface area contributed by atoms with Gasteiger partial charge in [0.25, 0.3) is 0 Å². The smallest absolute Gasteiger partial charge is 0.308 e. The lowest BCUT2D eigenvalue weighted by atomic mass is 9.85. The topological polar surface area (TPSA) is 38.3 Å². The van der Waals surface area contributed by atoms with Crippen LogP contribution in [-0.4, -0.2) is 18.6 Å². The molecule has 0 spiro atoms. The average molecular weight is 281 g/mol. The predicted molar refractivity (Wildman–Crippen MR) is 78.2 cm³/mol. The molecule has 0 aliphatic heterocycles. The fourth-order valence-electron chi connectivity index (χ4n) is 2.79. The zero-order valence-corrected chi connectivity index (χ0v) is 12.5. The molecule has 4 heteroatoms. The molecule has 1 aromatic rings. The highest BCUT2D eigenvalue weighted by molar-refractivity contribution is 7.07. The Kier molecular flexibility index (Phi) is 5.40. The minimum atomic E-state index is -0.0165. The molecule has 0 bridgehead atoms. The maximum atomic E-state index is 11.8. The summed E-state index contributed by atoms with van der Waals surface area (Å²) in [5, 5.41) is 7.94. The van der Waals surface area contributed by atoms with E-state index in [0.29, 0.717) is 18.7 Å². The SMILES string of the molecule is CCOC(=O)C1CCCC(NC(C)c2ccsc2)C1. The van der Waals surface area contributed by atoms with Crippen molar-refractivity contribution in [3.05, 3.63) is 22.4 Å². The maximum absolute atomic E-state index is 11.8. The van der Waals surface area contributed by atoms with E-state index in [9.17, 15) is 4.79 Å². The summed E-state index contributed by atoms with van der Waals surface area (Å²) >= 11 is 1.73. The molecule has 19 heavy (non-hydrogen) atoms. The van der Waals surface area contributed by atoms with Crippen molar-refractivity contribution in [2.75, 3.05) is 6.61 Å². The van der Waals surface area contributed by atoms with Crippen LogP contribution in [0.5, 0.6) is 0 Å². The van der Waals surface area contributed by atoms with E-state index < -0.39 is 0 Å². The minimum Gasteiger partial charge on any atom is -0.466 e. The molecule has 1 saturated carbocycles. The van der Waals surface area contributed by atoms with Crippen LogP contribution in [0.1, 0.15) is 51.1 Å². The quantitative estimate of drug-likeness (QED) is 0.839. The van der Waals surface area contributed by atoms with Crippen molar-refractivity contribution in [2.45, 2.75) is 51.6 Å². The van der Waals surface area contributed by atoms with E-state index in [-0.39, 0.29) is 11.9 Å². The number of hydrogen-bond donors (Lipinski definition) is 1. The third-order valence-electron chi connectivity index (χ3n) is 3.82. The average Bonchev–Trinajstić information content (AvgIpc) is 2.93. The molecular weight excluding hydrogens is 258 g/mol. The predicted octanol–water partition coefficient (Wildman–Crippen LogP) is 3.52.